The summed E-state index contributed by atoms with van der Waals surface area (Å²) in [7, 11) is 0. The summed E-state index contributed by atoms with van der Waals surface area (Å²) < 4.78 is 0. The molecule has 2 N–H and O–H groups in total. The van der Waals surface area contributed by atoms with E-state index < -0.39 is 4.92 Å². The van der Waals surface area contributed by atoms with E-state index in [-0.39, 0.29) is 24.1 Å². The number of anilines is 1. The Morgan fingerprint density at radius 2 is 2.22 bits per heavy atom. The molecule has 0 aliphatic carbocycles. The molecule has 0 aliphatic heterocycles. The molecule has 0 saturated heterocycles. The maximum absolute atomic E-state index is 11.2. The molecule has 0 amide bonds. The van der Waals surface area contributed by atoms with Gasteiger partial charge in [-0.1, -0.05) is 6.92 Å². The van der Waals surface area contributed by atoms with Crippen LogP contribution in [-0.2, 0) is 0 Å². The first-order valence-electron chi connectivity index (χ1n) is 5.66. The molecular weight excluding hydrogens is 236 g/mol. The number of carbonyl (C=O) groups excluding carboxylic acids is 1. The van der Waals surface area contributed by atoms with Gasteiger partial charge in [-0.3, -0.25) is 14.9 Å². The van der Waals surface area contributed by atoms with Gasteiger partial charge in [0.2, 0.25) is 0 Å². The van der Waals surface area contributed by atoms with E-state index >= 15 is 0 Å². The minimum Gasteiger partial charge on any atom is -0.394 e. The SMILES string of the molecule is CC[C@H](CO)Nc1ccc(C(C)=O)cc1[N+](=O)[O-]. The van der Waals surface area contributed by atoms with E-state index in [0.29, 0.717) is 17.7 Å². The lowest BCUT2D eigenvalue weighted by Crippen LogP contribution is -2.23. The second-order valence-corrected chi connectivity index (χ2v) is 3.98. The van der Waals surface area contributed by atoms with Crippen molar-refractivity contribution >= 4 is 17.2 Å². The highest BCUT2D eigenvalue weighted by Gasteiger charge is 2.18. The fraction of sp³-hybridized carbons (Fsp3) is 0.417. The van der Waals surface area contributed by atoms with Crippen molar-refractivity contribution in [3.63, 3.8) is 0 Å². The highest BCUT2D eigenvalue weighted by atomic mass is 16.6. The number of ketones is 1. The molecule has 0 radical (unpaired) electrons. The number of nitrogens with zero attached hydrogens (tertiary/aromatic N) is 1. The summed E-state index contributed by atoms with van der Waals surface area (Å²) in [6.07, 6.45) is 0.641. The van der Waals surface area contributed by atoms with Crippen LogP contribution in [0.4, 0.5) is 11.4 Å². The third-order valence-electron chi connectivity index (χ3n) is 2.67. The summed E-state index contributed by atoms with van der Waals surface area (Å²) in [4.78, 5) is 21.6. The molecule has 0 aromatic heterocycles. The number of hydrogen-bond acceptors (Lipinski definition) is 5. The summed E-state index contributed by atoms with van der Waals surface area (Å²) in [5, 5.41) is 22.9. The Labute approximate surface area is 105 Å². The van der Waals surface area contributed by atoms with E-state index in [1.165, 1.54) is 25.1 Å². The van der Waals surface area contributed by atoms with Crippen LogP contribution in [0, 0.1) is 10.1 Å². The molecule has 0 unspecified atom stereocenters. The molecule has 18 heavy (non-hydrogen) atoms. The van der Waals surface area contributed by atoms with Crippen LogP contribution < -0.4 is 5.32 Å². The second kappa shape index (κ2) is 6.11. The van der Waals surface area contributed by atoms with Gasteiger partial charge < -0.3 is 10.4 Å². The number of hydrogen-bond donors (Lipinski definition) is 2. The van der Waals surface area contributed by atoms with Gasteiger partial charge in [-0.25, -0.2) is 0 Å². The van der Waals surface area contributed by atoms with Gasteiger partial charge in [-0.15, -0.1) is 0 Å². The van der Waals surface area contributed by atoms with Gasteiger partial charge in [0, 0.05) is 17.7 Å². The number of nitro groups is 1. The van der Waals surface area contributed by atoms with Crippen molar-refractivity contribution in [3.8, 4) is 0 Å². The lowest BCUT2D eigenvalue weighted by molar-refractivity contribution is -0.384. The van der Waals surface area contributed by atoms with E-state index in [2.05, 4.69) is 5.32 Å². The monoisotopic (exact) mass is 252 g/mol. The molecule has 0 saturated carbocycles. The predicted octanol–water partition coefficient (Wildman–Crippen LogP) is 1.98. The van der Waals surface area contributed by atoms with Crippen LogP contribution in [0.1, 0.15) is 30.6 Å². The molecular formula is C12H16N2O4. The van der Waals surface area contributed by atoms with E-state index in [0.717, 1.165) is 0 Å². The fourth-order valence-electron chi connectivity index (χ4n) is 1.52. The minimum absolute atomic E-state index is 0.109. The molecule has 0 heterocycles. The van der Waals surface area contributed by atoms with Gasteiger partial charge in [0.15, 0.2) is 5.78 Å². The van der Waals surface area contributed by atoms with E-state index in [9.17, 15) is 14.9 Å². The maximum Gasteiger partial charge on any atom is 0.293 e. The summed E-state index contributed by atoms with van der Waals surface area (Å²) in [6, 6.07) is 4.02. The summed E-state index contributed by atoms with van der Waals surface area (Å²) >= 11 is 0. The molecule has 0 spiro atoms. The van der Waals surface area contributed by atoms with Crippen molar-refractivity contribution in [2.75, 3.05) is 11.9 Å². The van der Waals surface area contributed by atoms with Crippen molar-refractivity contribution in [3.05, 3.63) is 33.9 Å². The first-order chi connectivity index (χ1) is 8.49. The van der Waals surface area contributed by atoms with E-state index in [1.54, 1.807) is 0 Å². The Kier molecular flexibility index (Phi) is 4.79. The average Bonchev–Trinajstić information content (AvgIpc) is 2.35. The van der Waals surface area contributed by atoms with Gasteiger partial charge in [0.05, 0.1) is 11.5 Å². The fourth-order valence-corrected chi connectivity index (χ4v) is 1.52. The van der Waals surface area contributed by atoms with Crippen molar-refractivity contribution in [1.29, 1.82) is 0 Å². The largest absolute Gasteiger partial charge is 0.394 e. The molecule has 6 heteroatoms. The van der Waals surface area contributed by atoms with Crippen LogP contribution in [0.2, 0.25) is 0 Å². The predicted molar refractivity (Wildman–Crippen MR) is 67.9 cm³/mol. The first-order valence-corrected chi connectivity index (χ1v) is 5.66. The number of nitrogens with one attached hydrogen (secondary N) is 1. The summed E-state index contributed by atoms with van der Waals surface area (Å²) in [5.41, 5.74) is 0.449. The van der Waals surface area contributed by atoms with Crippen LogP contribution in [0.3, 0.4) is 0 Å². The molecule has 1 aromatic rings. The average molecular weight is 252 g/mol. The van der Waals surface area contributed by atoms with Gasteiger partial charge in [0.25, 0.3) is 5.69 Å². The maximum atomic E-state index is 11.2. The van der Waals surface area contributed by atoms with Gasteiger partial charge in [-0.2, -0.15) is 0 Å². The standard InChI is InChI=1S/C12H16N2O4/c1-3-10(7-15)13-11-5-4-9(8(2)16)6-12(11)14(17)18/h4-6,10,13,15H,3,7H2,1-2H3/t10-/m1/s1. The normalized spacial score (nSPS) is 11.9. The van der Waals surface area contributed by atoms with Crippen LogP contribution in [-0.4, -0.2) is 28.5 Å². The quantitative estimate of drug-likeness (QED) is 0.459. The Balaban J connectivity index is 3.11. The number of Topliss-reactive ketones (excluding diaryl/α,β-unsaturated/α-hetero) is 1. The van der Waals surface area contributed by atoms with Gasteiger partial charge >= 0.3 is 0 Å². The molecule has 1 aromatic carbocycles. The van der Waals surface area contributed by atoms with Crippen LogP contribution in [0.25, 0.3) is 0 Å². The first kappa shape index (κ1) is 14.1. The lowest BCUT2D eigenvalue weighted by Gasteiger charge is -2.15. The molecule has 1 atom stereocenters. The zero-order valence-electron chi connectivity index (χ0n) is 10.3. The van der Waals surface area contributed by atoms with Crippen molar-refractivity contribution in [1.82, 2.24) is 0 Å². The van der Waals surface area contributed by atoms with Crippen LogP contribution in [0.5, 0.6) is 0 Å². The molecule has 6 nitrogen and oxygen atoms in total. The summed E-state index contributed by atoms with van der Waals surface area (Å²) in [6.45, 7) is 3.11. The number of rotatable bonds is 6. The topological polar surface area (TPSA) is 92.5 Å². The Hall–Kier alpha value is -1.95. The van der Waals surface area contributed by atoms with Crippen molar-refractivity contribution in [2.45, 2.75) is 26.3 Å². The van der Waals surface area contributed by atoms with E-state index in [1.807, 2.05) is 6.92 Å². The molecule has 0 fully saturated rings. The van der Waals surface area contributed by atoms with Crippen LogP contribution in [0.15, 0.2) is 18.2 Å². The molecule has 0 bridgehead atoms. The van der Waals surface area contributed by atoms with Crippen molar-refractivity contribution in [2.24, 2.45) is 0 Å². The van der Waals surface area contributed by atoms with Crippen molar-refractivity contribution < 1.29 is 14.8 Å². The van der Waals surface area contributed by atoms with Gasteiger partial charge in [0.1, 0.15) is 5.69 Å². The second-order valence-electron chi connectivity index (χ2n) is 3.98. The number of aliphatic hydroxyl groups excluding tert-OH is 1. The minimum atomic E-state index is -0.543. The van der Waals surface area contributed by atoms with Gasteiger partial charge in [-0.05, 0) is 25.5 Å². The van der Waals surface area contributed by atoms with Crippen LogP contribution >= 0.6 is 0 Å². The third kappa shape index (κ3) is 3.27. The Morgan fingerprint density at radius 3 is 2.67 bits per heavy atom. The highest BCUT2D eigenvalue weighted by molar-refractivity contribution is 5.95. The number of carbonyl (C=O) groups is 1. The zero-order chi connectivity index (χ0) is 13.7. The molecule has 98 valence electrons. The zero-order valence-corrected chi connectivity index (χ0v) is 10.3. The van der Waals surface area contributed by atoms with E-state index in [4.69, 9.17) is 5.11 Å². The molecule has 1 rings (SSSR count). The smallest absolute Gasteiger partial charge is 0.293 e. The number of benzene rings is 1. The summed E-state index contributed by atoms with van der Waals surface area (Å²) in [5.74, 6) is -0.223. The Bertz CT molecular complexity index is 455. The molecule has 0 aliphatic rings. The number of nitro benzene ring substituents is 1. The number of aliphatic hydroxyl groups is 1. The lowest BCUT2D eigenvalue weighted by atomic mass is 10.1. The third-order valence-corrected chi connectivity index (χ3v) is 2.67. The Morgan fingerprint density at radius 1 is 1.56 bits per heavy atom. The highest BCUT2D eigenvalue weighted by Crippen LogP contribution is 2.26.